The second-order valence-corrected chi connectivity index (χ2v) is 10.1. The number of rotatable bonds is 9. The number of hydrogen-bond donors (Lipinski definition) is 3. The molecule has 2 heterocycles. The Morgan fingerprint density at radius 2 is 2.00 bits per heavy atom. The number of aromatic amines is 1. The number of carbonyl (C=O) groups excluding carboxylic acids is 2. The highest BCUT2D eigenvalue weighted by atomic mass is 19.3. The number of H-pyrrole nitrogens is 1. The third-order valence-electron chi connectivity index (χ3n) is 6.78. The molecule has 5 rings (SSSR count). The zero-order valence-corrected chi connectivity index (χ0v) is 19.9. The van der Waals surface area contributed by atoms with Crippen LogP contribution in [0.15, 0.2) is 30.5 Å². The largest absolute Gasteiger partial charge is 0.349 e. The van der Waals surface area contributed by atoms with Gasteiger partial charge in [-0.3, -0.25) is 14.3 Å². The first kappa shape index (κ1) is 23.4. The van der Waals surface area contributed by atoms with E-state index in [0.29, 0.717) is 17.4 Å². The van der Waals surface area contributed by atoms with Crippen molar-refractivity contribution in [3.05, 3.63) is 47.5 Å². The van der Waals surface area contributed by atoms with E-state index in [1.165, 1.54) is 0 Å². The average molecular weight is 485 g/mol. The Kier molecular flexibility index (Phi) is 6.06. The zero-order chi connectivity index (χ0) is 24.7. The van der Waals surface area contributed by atoms with Crippen molar-refractivity contribution in [3.63, 3.8) is 0 Å². The Bertz CT molecular complexity index is 1240. The lowest BCUT2D eigenvalue weighted by molar-refractivity contribution is -0.134. The van der Waals surface area contributed by atoms with Gasteiger partial charge in [0, 0.05) is 31.5 Å². The van der Waals surface area contributed by atoms with E-state index in [-0.39, 0.29) is 55.6 Å². The number of alkyl halides is 2. The number of imidazole rings is 1. The number of carbonyl (C=O) groups is 2. The molecule has 8 nitrogen and oxygen atoms in total. The molecule has 1 aromatic carbocycles. The molecule has 1 unspecified atom stereocenters. The van der Waals surface area contributed by atoms with Crippen molar-refractivity contribution in [1.29, 1.82) is 0 Å². The Morgan fingerprint density at radius 3 is 2.69 bits per heavy atom. The molecule has 3 N–H and O–H groups in total. The van der Waals surface area contributed by atoms with Gasteiger partial charge in [0.25, 0.3) is 5.91 Å². The summed E-state index contributed by atoms with van der Waals surface area (Å²) in [4.78, 5) is 32.9. The Balaban J connectivity index is 1.24. The van der Waals surface area contributed by atoms with Gasteiger partial charge < -0.3 is 15.6 Å². The molecule has 10 heteroatoms. The van der Waals surface area contributed by atoms with Gasteiger partial charge in [-0.25, -0.2) is 13.8 Å². The van der Waals surface area contributed by atoms with Crippen LogP contribution in [0, 0.1) is 11.8 Å². The first-order valence-corrected chi connectivity index (χ1v) is 12.2. The molecule has 0 saturated heterocycles. The highest BCUT2D eigenvalue weighted by molar-refractivity contribution is 5.92. The van der Waals surface area contributed by atoms with E-state index >= 15 is 0 Å². The SMILES string of the molecule is CC(C)n1nccc1C(=O)NCc1nc2ccc(C(NC(=O)CC3CC(F)(F)C3)C3CC3)cc2[nH]1. The van der Waals surface area contributed by atoms with Crippen LogP contribution in [0.4, 0.5) is 8.78 Å². The standard InChI is InChI=1S/C25H30F2N6O2/c1-14(2)33-20(7-8-29-33)24(35)28-13-21-30-18-6-5-17(10-19(18)31-21)23(16-3-4-16)32-22(34)9-15-11-25(26,27)12-15/h5-8,10,14-16,23H,3-4,9,11-13H2,1-2H3,(H,28,35)(H,30,31)(H,32,34). The molecule has 0 aliphatic heterocycles. The molecule has 2 aromatic heterocycles. The predicted octanol–water partition coefficient (Wildman–Crippen LogP) is 4.27. The minimum atomic E-state index is -2.61. The second-order valence-electron chi connectivity index (χ2n) is 10.1. The topological polar surface area (TPSA) is 105 Å². The van der Waals surface area contributed by atoms with Crippen molar-refractivity contribution in [2.24, 2.45) is 11.8 Å². The molecule has 2 aliphatic rings. The van der Waals surface area contributed by atoms with Gasteiger partial charge >= 0.3 is 0 Å². The predicted molar refractivity (Wildman–Crippen MR) is 126 cm³/mol. The average Bonchev–Trinajstić information content (AvgIpc) is 3.34. The maximum Gasteiger partial charge on any atom is 0.269 e. The van der Waals surface area contributed by atoms with Crippen LogP contribution in [0.1, 0.15) is 79.9 Å². The molecule has 3 aromatic rings. The lowest BCUT2D eigenvalue weighted by Gasteiger charge is -2.34. The van der Waals surface area contributed by atoms with Crippen LogP contribution in [-0.4, -0.2) is 37.5 Å². The van der Waals surface area contributed by atoms with Crippen molar-refractivity contribution in [2.45, 2.75) is 70.5 Å². The first-order chi connectivity index (χ1) is 16.7. The van der Waals surface area contributed by atoms with E-state index in [9.17, 15) is 18.4 Å². The quantitative estimate of drug-likeness (QED) is 0.422. The lowest BCUT2D eigenvalue weighted by Crippen LogP contribution is -2.39. The number of halogens is 2. The molecule has 2 fully saturated rings. The van der Waals surface area contributed by atoms with E-state index in [2.05, 4.69) is 25.7 Å². The van der Waals surface area contributed by atoms with Crippen LogP contribution >= 0.6 is 0 Å². The third-order valence-corrected chi connectivity index (χ3v) is 6.78. The van der Waals surface area contributed by atoms with Crippen LogP contribution in [0.5, 0.6) is 0 Å². The van der Waals surface area contributed by atoms with Gasteiger partial charge in [-0.2, -0.15) is 5.10 Å². The fourth-order valence-electron chi connectivity index (χ4n) is 4.84. The Morgan fingerprint density at radius 1 is 1.23 bits per heavy atom. The summed E-state index contributed by atoms with van der Waals surface area (Å²) in [5.74, 6) is -2.27. The van der Waals surface area contributed by atoms with Gasteiger partial charge in [-0.15, -0.1) is 0 Å². The van der Waals surface area contributed by atoms with Crippen molar-refractivity contribution in [2.75, 3.05) is 0 Å². The first-order valence-electron chi connectivity index (χ1n) is 12.2. The highest BCUT2D eigenvalue weighted by Crippen LogP contribution is 2.45. The summed E-state index contributed by atoms with van der Waals surface area (Å²) < 4.78 is 27.9. The van der Waals surface area contributed by atoms with Crippen LogP contribution in [0.2, 0.25) is 0 Å². The van der Waals surface area contributed by atoms with E-state index < -0.39 is 5.92 Å². The molecule has 0 spiro atoms. The summed E-state index contributed by atoms with van der Waals surface area (Å²) in [7, 11) is 0. The number of benzene rings is 1. The minimum Gasteiger partial charge on any atom is -0.349 e. The zero-order valence-electron chi connectivity index (χ0n) is 19.9. The van der Waals surface area contributed by atoms with Crippen LogP contribution in [0.25, 0.3) is 11.0 Å². The number of nitrogens with zero attached hydrogens (tertiary/aromatic N) is 3. The summed E-state index contributed by atoms with van der Waals surface area (Å²) in [6.45, 7) is 4.16. The molecule has 35 heavy (non-hydrogen) atoms. The van der Waals surface area contributed by atoms with Crippen molar-refractivity contribution < 1.29 is 18.4 Å². The summed E-state index contributed by atoms with van der Waals surface area (Å²) in [5, 5.41) is 10.2. The number of fused-ring (bicyclic) bond motifs is 1. The fourth-order valence-corrected chi connectivity index (χ4v) is 4.84. The fraction of sp³-hybridized carbons (Fsp3) is 0.520. The van der Waals surface area contributed by atoms with Gasteiger partial charge in [-0.1, -0.05) is 6.07 Å². The monoisotopic (exact) mass is 484 g/mol. The molecule has 2 aliphatic carbocycles. The van der Waals surface area contributed by atoms with Crippen molar-refractivity contribution in [3.8, 4) is 0 Å². The van der Waals surface area contributed by atoms with Crippen LogP contribution in [-0.2, 0) is 11.3 Å². The van der Waals surface area contributed by atoms with Gasteiger partial charge in [0.15, 0.2) is 0 Å². The van der Waals surface area contributed by atoms with E-state index in [1.807, 2.05) is 32.0 Å². The van der Waals surface area contributed by atoms with E-state index in [0.717, 1.165) is 29.4 Å². The molecular weight excluding hydrogens is 454 g/mol. The van der Waals surface area contributed by atoms with Gasteiger partial charge in [0.05, 0.1) is 23.6 Å². The van der Waals surface area contributed by atoms with Gasteiger partial charge in [-0.05, 0) is 62.3 Å². The summed E-state index contributed by atoms with van der Waals surface area (Å²) in [5.41, 5.74) is 3.04. The molecular formula is C25H30F2N6O2. The number of aromatic nitrogens is 4. The summed E-state index contributed by atoms with van der Waals surface area (Å²) in [6.07, 6.45) is 3.40. The maximum atomic E-state index is 13.1. The molecule has 1 atom stereocenters. The summed E-state index contributed by atoms with van der Waals surface area (Å²) in [6, 6.07) is 7.44. The normalized spacial score (nSPS) is 18.4. The maximum absolute atomic E-state index is 13.1. The van der Waals surface area contributed by atoms with E-state index in [1.54, 1.807) is 16.9 Å². The lowest BCUT2D eigenvalue weighted by atomic mass is 9.79. The number of amides is 2. The van der Waals surface area contributed by atoms with Crippen molar-refractivity contribution >= 4 is 22.8 Å². The second kappa shape index (κ2) is 9.05. The number of nitrogens with one attached hydrogen (secondary N) is 3. The van der Waals surface area contributed by atoms with Crippen LogP contribution < -0.4 is 10.6 Å². The Hall–Kier alpha value is -3.30. The smallest absolute Gasteiger partial charge is 0.269 e. The van der Waals surface area contributed by atoms with Gasteiger partial charge in [0.2, 0.25) is 11.8 Å². The summed E-state index contributed by atoms with van der Waals surface area (Å²) >= 11 is 0. The Labute approximate surface area is 201 Å². The molecule has 2 saturated carbocycles. The van der Waals surface area contributed by atoms with E-state index in [4.69, 9.17) is 0 Å². The molecule has 2 amide bonds. The minimum absolute atomic E-state index is 0.0740. The number of hydrogen-bond acceptors (Lipinski definition) is 4. The van der Waals surface area contributed by atoms with Crippen molar-refractivity contribution in [1.82, 2.24) is 30.4 Å². The third kappa shape index (κ3) is 5.21. The van der Waals surface area contributed by atoms with Crippen LogP contribution in [0.3, 0.4) is 0 Å². The van der Waals surface area contributed by atoms with Gasteiger partial charge in [0.1, 0.15) is 11.5 Å². The molecule has 0 radical (unpaired) electrons. The molecule has 0 bridgehead atoms. The molecule has 186 valence electrons. The highest BCUT2D eigenvalue weighted by Gasteiger charge is 2.46.